The molecule has 1 unspecified atom stereocenters. The zero-order valence-electron chi connectivity index (χ0n) is 10.7. The molecule has 1 aromatic heterocycles. The van der Waals surface area contributed by atoms with Crippen LogP contribution in [0.4, 0.5) is 0 Å². The summed E-state index contributed by atoms with van der Waals surface area (Å²) in [6.07, 6.45) is 1.92. The molecule has 4 nitrogen and oxygen atoms in total. The number of rotatable bonds is 5. The van der Waals surface area contributed by atoms with E-state index in [1.54, 1.807) is 38.6 Å². The lowest BCUT2D eigenvalue weighted by Gasteiger charge is -2.22. The molecule has 96 valence electrons. The molecule has 0 bridgehead atoms. The number of aliphatic hydroxyl groups is 1. The second-order valence-electron chi connectivity index (χ2n) is 4.44. The van der Waals surface area contributed by atoms with Crippen LogP contribution in [0.2, 0.25) is 0 Å². The molecule has 0 aromatic carbocycles. The van der Waals surface area contributed by atoms with E-state index in [2.05, 4.69) is 5.32 Å². The van der Waals surface area contributed by atoms with Gasteiger partial charge in [-0.1, -0.05) is 0 Å². The fourth-order valence-corrected chi connectivity index (χ4v) is 2.31. The molecule has 17 heavy (non-hydrogen) atoms. The molecular weight excluding hydrogens is 238 g/mol. The summed E-state index contributed by atoms with van der Waals surface area (Å²) in [7, 11) is 0. The van der Waals surface area contributed by atoms with E-state index in [0.717, 1.165) is 0 Å². The first kappa shape index (κ1) is 14.1. The summed E-state index contributed by atoms with van der Waals surface area (Å²) < 4.78 is 5.29. The van der Waals surface area contributed by atoms with E-state index in [-0.39, 0.29) is 12.5 Å². The molecule has 1 atom stereocenters. The number of hydrogen-bond acceptors (Lipinski definition) is 4. The predicted molar refractivity (Wildman–Crippen MR) is 69.5 cm³/mol. The third kappa shape index (κ3) is 4.09. The summed E-state index contributed by atoms with van der Waals surface area (Å²) in [4.78, 5) is 11.8. The van der Waals surface area contributed by atoms with Crippen LogP contribution in [0.25, 0.3) is 0 Å². The molecule has 0 fully saturated rings. The smallest absolute Gasteiger partial charge is 0.254 e. The molecule has 1 rings (SSSR count). The van der Waals surface area contributed by atoms with E-state index in [4.69, 9.17) is 4.42 Å². The Balaban J connectivity index is 2.59. The van der Waals surface area contributed by atoms with Gasteiger partial charge in [0.15, 0.2) is 0 Å². The molecular formula is C12H19NO3S. The van der Waals surface area contributed by atoms with Crippen LogP contribution in [0.3, 0.4) is 0 Å². The molecule has 1 amide bonds. The molecule has 0 aliphatic carbocycles. The number of carbonyl (C=O) groups is 1. The Bertz CT molecular complexity index is 398. The molecule has 0 aliphatic heterocycles. The summed E-state index contributed by atoms with van der Waals surface area (Å²) in [6.45, 7) is 5.49. The lowest BCUT2D eigenvalue weighted by Crippen LogP contribution is -2.42. The fraction of sp³-hybridized carbons (Fsp3) is 0.583. The van der Waals surface area contributed by atoms with Gasteiger partial charge in [0, 0.05) is 12.3 Å². The summed E-state index contributed by atoms with van der Waals surface area (Å²) in [6, 6.07) is 1.70. The number of carbonyl (C=O) groups excluding carboxylic acids is 1. The van der Waals surface area contributed by atoms with Crippen molar-refractivity contribution >= 4 is 17.7 Å². The second kappa shape index (κ2) is 5.60. The van der Waals surface area contributed by atoms with E-state index < -0.39 is 5.60 Å². The standard InChI is InChI=1S/C12H19NO3S/c1-8-5-10(9(2)16-8)11(14)13-6-12(3,15)7-17-4/h5,15H,6-7H2,1-4H3,(H,13,14). The Kier molecular flexibility index (Phi) is 4.65. The van der Waals surface area contributed by atoms with Crippen LogP contribution in [0.15, 0.2) is 10.5 Å². The monoisotopic (exact) mass is 257 g/mol. The van der Waals surface area contributed by atoms with Crippen LogP contribution in [0, 0.1) is 13.8 Å². The number of aryl methyl sites for hydroxylation is 2. The van der Waals surface area contributed by atoms with Crippen molar-refractivity contribution < 1.29 is 14.3 Å². The lowest BCUT2D eigenvalue weighted by atomic mass is 10.1. The molecule has 0 radical (unpaired) electrons. The Morgan fingerprint density at radius 1 is 1.59 bits per heavy atom. The molecule has 5 heteroatoms. The highest BCUT2D eigenvalue weighted by atomic mass is 32.2. The van der Waals surface area contributed by atoms with Crippen molar-refractivity contribution in [2.24, 2.45) is 0 Å². The van der Waals surface area contributed by atoms with Gasteiger partial charge >= 0.3 is 0 Å². The van der Waals surface area contributed by atoms with Crippen molar-refractivity contribution in [2.75, 3.05) is 18.6 Å². The summed E-state index contributed by atoms with van der Waals surface area (Å²) >= 11 is 1.54. The van der Waals surface area contributed by atoms with Gasteiger partial charge in [-0.15, -0.1) is 0 Å². The third-order valence-corrected chi connectivity index (χ3v) is 3.28. The van der Waals surface area contributed by atoms with E-state index in [9.17, 15) is 9.90 Å². The maximum atomic E-state index is 11.8. The maximum Gasteiger partial charge on any atom is 0.254 e. The Labute approximate surface area is 106 Å². The number of amides is 1. The number of nitrogens with one attached hydrogen (secondary N) is 1. The average molecular weight is 257 g/mol. The van der Waals surface area contributed by atoms with Gasteiger partial charge in [0.05, 0.1) is 11.2 Å². The first-order valence-corrected chi connectivity index (χ1v) is 6.81. The lowest BCUT2D eigenvalue weighted by molar-refractivity contribution is 0.0724. The SMILES string of the molecule is CSCC(C)(O)CNC(=O)c1cc(C)oc1C. The van der Waals surface area contributed by atoms with Gasteiger partial charge in [-0.2, -0.15) is 11.8 Å². The van der Waals surface area contributed by atoms with Crippen LogP contribution in [-0.2, 0) is 0 Å². The number of furan rings is 1. The van der Waals surface area contributed by atoms with Crippen molar-refractivity contribution in [3.05, 3.63) is 23.2 Å². The van der Waals surface area contributed by atoms with Gasteiger partial charge in [-0.05, 0) is 33.1 Å². The number of hydrogen-bond donors (Lipinski definition) is 2. The third-order valence-electron chi connectivity index (χ3n) is 2.37. The molecule has 0 spiro atoms. The number of thioether (sulfide) groups is 1. The normalized spacial score (nSPS) is 14.4. The largest absolute Gasteiger partial charge is 0.466 e. The van der Waals surface area contributed by atoms with E-state index in [0.29, 0.717) is 22.8 Å². The zero-order chi connectivity index (χ0) is 13.1. The Hall–Kier alpha value is -0.940. The van der Waals surface area contributed by atoms with Gasteiger partial charge in [0.1, 0.15) is 11.5 Å². The van der Waals surface area contributed by atoms with Crippen LogP contribution in [0.5, 0.6) is 0 Å². The van der Waals surface area contributed by atoms with Crippen molar-refractivity contribution in [2.45, 2.75) is 26.4 Å². The maximum absolute atomic E-state index is 11.8. The quantitative estimate of drug-likeness (QED) is 0.843. The van der Waals surface area contributed by atoms with Gasteiger partial charge in [0.25, 0.3) is 5.91 Å². The highest BCUT2D eigenvalue weighted by molar-refractivity contribution is 7.98. The highest BCUT2D eigenvalue weighted by Gasteiger charge is 2.22. The molecule has 1 heterocycles. The minimum Gasteiger partial charge on any atom is -0.466 e. The van der Waals surface area contributed by atoms with Crippen molar-refractivity contribution in [1.29, 1.82) is 0 Å². The molecule has 0 saturated heterocycles. The van der Waals surface area contributed by atoms with Crippen molar-refractivity contribution in [3.8, 4) is 0 Å². The Morgan fingerprint density at radius 3 is 2.71 bits per heavy atom. The van der Waals surface area contributed by atoms with Gasteiger partial charge in [-0.3, -0.25) is 4.79 Å². The van der Waals surface area contributed by atoms with E-state index in [1.165, 1.54) is 0 Å². The highest BCUT2D eigenvalue weighted by Crippen LogP contribution is 2.14. The van der Waals surface area contributed by atoms with Gasteiger partial charge < -0.3 is 14.8 Å². The van der Waals surface area contributed by atoms with E-state index in [1.807, 2.05) is 6.26 Å². The summed E-state index contributed by atoms with van der Waals surface area (Å²) in [5.74, 6) is 1.69. The van der Waals surface area contributed by atoms with Crippen LogP contribution >= 0.6 is 11.8 Å². The predicted octanol–water partition coefficient (Wildman–Crippen LogP) is 1.74. The second-order valence-corrected chi connectivity index (χ2v) is 5.31. The first-order valence-electron chi connectivity index (χ1n) is 5.42. The first-order chi connectivity index (χ1) is 7.85. The van der Waals surface area contributed by atoms with Crippen LogP contribution in [0.1, 0.15) is 28.8 Å². The average Bonchev–Trinajstić information content (AvgIpc) is 2.54. The molecule has 2 N–H and O–H groups in total. The molecule has 0 saturated carbocycles. The van der Waals surface area contributed by atoms with Gasteiger partial charge in [0.2, 0.25) is 0 Å². The topological polar surface area (TPSA) is 62.5 Å². The van der Waals surface area contributed by atoms with Crippen molar-refractivity contribution in [3.63, 3.8) is 0 Å². The minimum atomic E-state index is -0.887. The minimum absolute atomic E-state index is 0.208. The van der Waals surface area contributed by atoms with Crippen LogP contribution in [-0.4, -0.2) is 35.2 Å². The fourth-order valence-electron chi connectivity index (χ4n) is 1.58. The summed E-state index contributed by atoms with van der Waals surface area (Å²) in [5.41, 5.74) is -0.357. The van der Waals surface area contributed by atoms with Crippen molar-refractivity contribution in [1.82, 2.24) is 5.32 Å². The Morgan fingerprint density at radius 2 is 2.24 bits per heavy atom. The van der Waals surface area contributed by atoms with Gasteiger partial charge in [-0.25, -0.2) is 0 Å². The molecule has 1 aromatic rings. The van der Waals surface area contributed by atoms with Crippen LogP contribution < -0.4 is 5.32 Å². The zero-order valence-corrected chi connectivity index (χ0v) is 11.5. The summed E-state index contributed by atoms with van der Waals surface area (Å²) in [5, 5.41) is 12.6. The molecule has 0 aliphatic rings. The van der Waals surface area contributed by atoms with E-state index >= 15 is 0 Å².